The average molecular weight is 258 g/mol. The van der Waals surface area contributed by atoms with Crippen LogP contribution in [-0.2, 0) is 11.2 Å². The molecule has 4 heteroatoms. The fourth-order valence-corrected chi connectivity index (χ4v) is 2.19. The molecule has 19 heavy (non-hydrogen) atoms. The minimum Gasteiger partial charge on any atom is -0.462 e. The Kier molecular flexibility index (Phi) is 3.90. The van der Waals surface area contributed by atoms with Gasteiger partial charge in [0.2, 0.25) is 0 Å². The maximum Gasteiger partial charge on any atom is 0.340 e. The van der Waals surface area contributed by atoms with Crippen molar-refractivity contribution in [3.05, 3.63) is 47.7 Å². The van der Waals surface area contributed by atoms with Crippen LogP contribution in [0.3, 0.4) is 0 Å². The number of para-hydroxylation sites is 1. The number of aromatic nitrogens is 1. The van der Waals surface area contributed by atoms with Crippen LogP contribution in [0.25, 0.3) is 5.69 Å². The molecule has 2 aromatic rings. The van der Waals surface area contributed by atoms with E-state index in [1.165, 1.54) is 0 Å². The Bertz CT molecular complexity index is 573. The molecule has 0 atom stereocenters. The van der Waals surface area contributed by atoms with Gasteiger partial charge in [-0.3, -0.25) is 4.57 Å². The monoisotopic (exact) mass is 258 g/mol. The maximum atomic E-state index is 11.9. The van der Waals surface area contributed by atoms with E-state index in [4.69, 9.17) is 10.5 Å². The molecule has 0 fully saturated rings. The van der Waals surface area contributed by atoms with E-state index in [2.05, 4.69) is 0 Å². The Morgan fingerprint density at radius 3 is 2.53 bits per heavy atom. The SMILES string of the molecule is CCOC(=O)c1cc(N)n(-c2ccccc2)c1CC. The number of ether oxygens (including phenoxy) is 1. The van der Waals surface area contributed by atoms with Gasteiger partial charge in [-0.2, -0.15) is 0 Å². The highest BCUT2D eigenvalue weighted by atomic mass is 16.5. The van der Waals surface area contributed by atoms with E-state index in [9.17, 15) is 4.79 Å². The van der Waals surface area contributed by atoms with Crippen molar-refractivity contribution >= 4 is 11.8 Å². The zero-order valence-electron chi connectivity index (χ0n) is 11.2. The minimum absolute atomic E-state index is 0.319. The second kappa shape index (κ2) is 5.61. The van der Waals surface area contributed by atoms with Gasteiger partial charge in [-0.05, 0) is 31.5 Å². The third-order valence-corrected chi connectivity index (χ3v) is 2.98. The van der Waals surface area contributed by atoms with E-state index in [-0.39, 0.29) is 5.97 Å². The van der Waals surface area contributed by atoms with Crippen molar-refractivity contribution in [3.63, 3.8) is 0 Å². The number of anilines is 1. The number of carbonyl (C=O) groups excluding carboxylic acids is 1. The lowest BCUT2D eigenvalue weighted by Gasteiger charge is -2.11. The number of hydrogen-bond acceptors (Lipinski definition) is 3. The molecule has 1 heterocycles. The first-order chi connectivity index (χ1) is 9.19. The van der Waals surface area contributed by atoms with Crippen molar-refractivity contribution in [1.82, 2.24) is 4.57 Å². The van der Waals surface area contributed by atoms with Gasteiger partial charge in [-0.1, -0.05) is 25.1 Å². The Hall–Kier alpha value is -2.23. The second-order valence-electron chi connectivity index (χ2n) is 4.17. The van der Waals surface area contributed by atoms with Gasteiger partial charge in [0.25, 0.3) is 0 Å². The Morgan fingerprint density at radius 1 is 1.26 bits per heavy atom. The summed E-state index contributed by atoms with van der Waals surface area (Å²) in [6, 6.07) is 11.4. The quantitative estimate of drug-likeness (QED) is 0.858. The highest BCUT2D eigenvalue weighted by molar-refractivity contribution is 5.92. The van der Waals surface area contributed by atoms with Crippen molar-refractivity contribution in [2.45, 2.75) is 20.3 Å². The topological polar surface area (TPSA) is 57.2 Å². The summed E-state index contributed by atoms with van der Waals surface area (Å²) < 4.78 is 6.96. The molecule has 2 N–H and O–H groups in total. The Labute approximate surface area is 112 Å². The molecule has 0 spiro atoms. The van der Waals surface area contributed by atoms with Crippen molar-refractivity contribution in [2.75, 3.05) is 12.3 Å². The molecular formula is C15H18N2O2. The highest BCUT2D eigenvalue weighted by Crippen LogP contribution is 2.24. The molecule has 0 aliphatic rings. The van der Waals surface area contributed by atoms with E-state index in [1.807, 2.05) is 41.8 Å². The van der Waals surface area contributed by atoms with Gasteiger partial charge < -0.3 is 10.5 Å². The predicted octanol–water partition coefficient (Wildman–Crippen LogP) is 2.80. The summed E-state index contributed by atoms with van der Waals surface area (Å²) in [5.41, 5.74) is 8.41. The summed E-state index contributed by atoms with van der Waals surface area (Å²) >= 11 is 0. The van der Waals surface area contributed by atoms with Gasteiger partial charge in [-0.25, -0.2) is 4.79 Å². The third-order valence-electron chi connectivity index (χ3n) is 2.98. The van der Waals surface area contributed by atoms with Crippen LogP contribution >= 0.6 is 0 Å². The number of nitrogens with zero attached hydrogens (tertiary/aromatic N) is 1. The largest absolute Gasteiger partial charge is 0.462 e. The van der Waals surface area contributed by atoms with Gasteiger partial charge in [0.05, 0.1) is 12.2 Å². The maximum absolute atomic E-state index is 11.9. The number of esters is 1. The lowest BCUT2D eigenvalue weighted by atomic mass is 10.2. The van der Waals surface area contributed by atoms with Gasteiger partial charge in [0, 0.05) is 11.4 Å². The summed E-state index contributed by atoms with van der Waals surface area (Å²) in [5.74, 6) is 0.229. The van der Waals surface area contributed by atoms with Gasteiger partial charge in [-0.15, -0.1) is 0 Å². The number of nitrogens with two attached hydrogens (primary N) is 1. The van der Waals surface area contributed by atoms with E-state index in [0.29, 0.717) is 24.4 Å². The average Bonchev–Trinajstić information content (AvgIpc) is 2.77. The number of hydrogen-bond donors (Lipinski definition) is 1. The summed E-state index contributed by atoms with van der Waals surface area (Å²) in [4.78, 5) is 11.9. The molecule has 0 aliphatic heterocycles. The van der Waals surface area contributed by atoms with Gasteiger partial charge in [0.15, 0.2) is 0 Å². The van der Waals surface area contributed by atoms with Crippen LogP contribution in [0.5, 0.6) is 0 Å². The molecule has 0 saturated heterocycles. The van der Waals surface area contributed by atoms with Gasteiger partial charge in [0.1, 0.15) is 5.82 Å². The zero-order chi connectivity index (χ0) is 13.8. The first-order valence-corrected chi connectivity index (χ1v) is 6.41. The van der Waals surface area contributed by atoms with Crippen molar-refractivity contribution in [3.8, 4) is 5.69 Å². The summed E-state index contributed by atoms with van der Waals surface area (Å²) in [6.07, 6.45) is 0.709. The lowest BCUT2D eigenvalue weighted by Crippen LogP contribution is -2.09. The zero-order valence-corrected chi connectivity index (χ0v) is 11.2. The van der Waals surface area contributed by atoms with Crippen molar-refractivity contribution in [1.29, 1.82) is 0 Å². The Morgan fingerprint density at radius 2 is 1.95 bits per heavy atom. The summed E-state index contributed by atoms with van der Waals surface area (Å²) in [6.45, 7) is 4.15. The Balaban J connectivity index is 2.54. The second-order valence-corrected chi connectivity index (χ2v) is 4.17. The van der Waals surface area contributed by atoms with Crippen LogP contribution in [-0.4, -0.2) is 17.1 Å². The van der Waals surface area contributed by atoms with E-state index < -0.39 is 0 Å². The smallest absolute Gasteiger partial charge is 0.340 e. The molecule has 100 valence electrons. The molecule has 0 radical (unpaired) electrons. The summed E-state index contributed by atoms with van der Waals surface area (Å²) in [5, 5.41) is 0. The molecule has 0 saturated carbocycles. The molecule has 4 nitrogen and oxygen atoms in total. The first kappa shape index (κ1) is 13.2. The molecule has 0 aliphatic carbocycles. The number of carbonyl (C=O) groups is 1. The van der Waals surface area contributed by atoms with Gasteiger partial charge >= 0.3 is 5.97 Å². The normalized spacial score (nSPS) is 10.4. The molecule has 0 amide bonds. The van der Waals surface area contributed by atoms with Crippen LogP contribution in [0, 0.1) is 0 Å². The number of benzene rings is 1. The molecule has 1 aromatic carbocycles. The standard InChI is InChI=1S/C15H18N2O2/c1-3-13-12(15(18)19-4-2)10-14(16)17(13)11-8-6-5-7-9-11/h5-10H,3-4,16H2,1-2H3. The van der Waals surface area contributed by atoms with Crippen LogP contribution < -0.4 is 5.73 Å². The summed E-state index contributed by atoms with van der Waals surface area (Å²) in [7, 11) is 0. The third kappa shape index (κ3) is 2.47. The molecule has 0 bridgehead atoms. The molecule has 1 aromatic heterocycles. The lowest BCUT2D eigenvalue weighted by molar-refractivity contribution is 0.0525. The van der Waals surface area contributed by atoms with Crippen LogP contribution in [0.2, 0.25) is 0 Å². The van der Waals surface area contributed by atoms with Crippen LogP contribution in [0.1, 0.15) is 29.9 Å². The fraction of sp³-hybridized carbons (Fsp3) is 0.267. The number of nitrogen functional groups attached to an aromatic ring is 1. The highest BCUT2D eigenvalue weighted by Gasteiger charge is 2.19. The molecule has 2 rings (SSSR count). The molecular weight excluding hydrogens is 240 g/mol. The fourth-order valence-electron chi connectivity index (χ4n) is 2.19. The molecule has 0 unspecified atom stereocenters. The number of rotatable bonds is 4. The first-order valence-electron chi connectivity index (χ1n) is 6.41. The minimum atomic E-state index is -0.319. The van der Waals surface area contributed by atoms with E-state index in [1.54, 1.807) is 13.0 Å². The van der Waals surface area contributed by atoms with Crippen LogP contribution in [0.15, 0.2) is 36.4 Å². The van der Waals surface area contributed by atoms with Crippen LogP contribution in [0.4, 0.5) is 5.82 Å². The van der Waals surface area contributed by atoms with Crippen molar-refractivity contribution < 1.29 is 9.53 Å². The van der Waals surface area contributed by atoms with Crippen molar-refractivity contribution in [2.24, 2.45) is 0 Å². The van der Waals surface area contributed by atoms with E-state index >= 15 is 0 Å². The van der Waals surface area contributed by atoms with E-state index in [0.717, 1.165) is 11.4 Å². The predicted molar refractivity (Wildman–Crippen MR) is 75.5 cm³/mol.